The van der Waals surface area contributed by atoms with E-state index in [4.69, 9.17) is 34.3 Å². The molecule has 104 valence electrons. The summed E-state index contributed by atoms with van der Waals surface area (Å²) in [6.45, 7) is 1.93. The maximum Gasteiger partial charge on any atom is 0.138 e. The average Bonchev–Trinajstić information content (AvgIpc) is 2.42. The minimum atomic E-state index is 0.329. The largest absolute Gasteiger partial charge is 0.457 e. The van der Waals surface area contributed by atoms with Gasteiger partial charge in [0.1, 0.15) is 16.5 Å². The Kier molecular flexibility index (Phi) is 4.91. The van der Waals surface area contributed by atoms with Crippen LogP contribution in [0.4, 0.5) is 0 Å². The first-order valence-electron chi connectivity index (χ1n) is 5.93. The number of nitrogens with two attached hydrogens (primary N) is 1. The van der Waals surface area contributed by atoms with Crippen LogP contribution in [0.3, 0.4) is 0 Å². The highest BCUT2D eigenvalue weighted by Crippen LogP contribution is 2.33. The summed E-state index contributed by atoms with van der Waals surface area (Å²) in [6.07, 6.45) is 1.98. The smallest absolute Gasteiger partial charge is 0.138 e. The molecule has 2 N–H and O–H groups in total. The lowest BCUT2D eigenvalue weighted by molar-refractivity contribution is 0.480. The summed E-state index contributed by atoms with van der Waals surface area (Å²) < 4.78 is 5.91. The molecule has 0 saturated heterocycles. The summed E-state index contributed by atoms with van der Waals surface area (Å²) in [4.78, 5) is 1.33. The van der Waals surface area contributed by atoms with Crippen molar-refractivity contribution in [2.75, 3.05) is 6.26 Å². The molecule has 0 aliphatic carbocycles. The van der Waals surface area contributed by atoms with E-state index in [0.29, 0.717) is 21.5 Å². The SMILES string of the molecule is CSc1cccc(Oc2ccc(Cl)c(C)c2)c1C(N)=S. The fourth-order valence-electron chi connectivity index (χ4n) is 1.82. The van der Waals surface area contributed by atoms with Gasteiger partial charge in [-0.2, -0.15) is 0 Å². The van der Waals surface area contributed by atoms with Gasteiger partial charge in [-0.25, -0.2) is 0 Å². The van der Waals surface area contributed by atoms with Crippen molar-refractivity contribution >= 4 is 40.6 Å². The predicted octanol–water partition coefficient (Wildman–Crippen LogP) is 4.80. The van der Waals surface area contributed by atoms with E-state index in [1.54, 1.807) is 11.8 Å². The fraction of sp³-hybridized carbons (Fsp3) is 0.133. The van der Waals surface area contributed by atoms with E-state index in [0.717, 1.165) is 16.0 Å². The van der Waals surface area contributed by atoms with Crippen LogP contribution in [0, 0.1) is 6.92 Å². The standard InChI is InChI=1S/C15H14ClNOS2/c1-9-8-10(6-7-11(9)16)18-12-4-3-5-13(20-2)14(12)15(17)19/h3-8H,1-2H3,(H2,17,19). The summed E-state index contributed by atoms with van der Waals surface area (Å²) in [5.74, 6) is 1.37. The maximum atomic E-state index is 6.01. The molecule has 0 aromatic heterocycles. The number of aryl methyl sites for hydroxylation is 1. The maximum absolute atomic E-state index is 6.01. The van der Waals surface area contributed by atoms with Crippen LogP contribution in [0.1, 0.15) is 11.1 Å². The zero-order valence-corrected chi connectivity index (χ0v) is 13.5. The van der Waals surface area contributed by atoms with Gasteiger partial charge in [0.05, 0.1) is 5.56 Å². The highest BCUT2D eigenvalue weighted by atomic mass is 35.5. The van der Waals surface area contributed by atoms with E-state index >= 15 is 0 Å². The van der Waals surface area contributed by atoms with Crippen molar-refractivity contribution in [1.82, 2.24) is 0 Å². The van der Waals surface area contributed by atoms with Crippen molar-refractivity contribution in [3.8, 4) is 11.5 Å². The predicted molar refractivity (Wildman–Crippen MR) is 90.4 cm³/mol. The van der Waals surface area contributed by atoms with Gasteiger partial charge >= 0.3 is 0 Å². The molecule has 0 atom stereocenters. The first-order chi connectivity index (χ1) is 9.52. The van der Waals surface area contributed by atoms with E-state index in [9.17, 15) is 0 Å². The molecule has 0 heterocycles. The van der Waals surface area contributed by atoms with E-state index in [1.807, 2.05) is 49.6 Å². The van der Waals surface area contributed by atoms with Gasteiger partial charge in [0.25, 0.3) is 0 Å². The lowest BCUT2D eigenvalue weighted by Gasteiger charge is -2.14. The summed E-state index contributed by atoms with van der Waals surface area (Å²) in [7, 11) is 0. The number of thioether (sulfide) groups is 1. The number of hydrogen-bond acceptors (Lipinski definition) is 3. The third-order valence-corrected chi connectivity index (χ3v) is 4.22. The number of rotatable bonds is 4. The first kappa shape index (κ1) is 15.2. The van der Waals surface area contributed by atoms with Gasteiger partial charge in [-0.3, -0.25) is 0 Å². The van der Waals surface area contributed by atoms with Crippen LogP contribution in [0.25, 0.3) is 0 Å². The monoisotopic (exact) mass is 323 g/mol. The Balaban J connectivity index is 2.42. The van der Waals surface area contributed by atoms with Crippen molar-refractivity contribution in [1.29, 1.82) is 0 Å². The topological polar surface area (TPSA) is 35.2 Å². The molecule has 0 unspecified atom stereocenters. The van der Waals surface area contributed by atoms with Gasteiger partial charge in [0.15, 0.2) is 0 Å². The number of thiocarbonyl (C=S) groups is 1. The second-order valence-corrected chi connectivity index (χ2v) is 5.91. The second kappa shape index (κ2) is 6.48. The minimum Gasteiger partial charge on any atom is -0.457 e. The Morgan fingerprint density at radius 1 is 1.30 bits per heavy atom. The Morgan fingerprint density at radius 2 is 2.05 bits per heavy atom. The molecule has 2 nitrogen and oxygen atoms in total. The lowest BCUT2D eigenvalue weighted by atomic mass is 10.2. The highest BCUT2D eigenvalue weighted by Gasteiger charge is 2.12. The zero-order valence-electron chi connectivity index (χ0n) is 11.1. The molecule has 0 fully saturated rings. The van der Waals surface area contributed by atoms with Crippen LogP contribution in [0.2, 0.25) is 5.02 Å². The van der Waals surface area contributed by atoms with Crippen LogP contribution in [0.15, 0.2) is 41.3 Å². The third-order valence-electron chi connectivity index (χ3n) is 2.81. The molecule has 0 aliphatic rings. The van der Waals surface area contributed by atoms with Gasteiger partial charge < -0.3 is 10.5 Å². The van der Waals surface area contributed by atoms with Crippen molar-refractivity contribution < 1.29 is 4.74 Å². The summed E-state index contributed by atoms with van der Waals surface area (Å²) >= 11 is 12.7. The molecule has 5 heteroatoms. The second-order valence-electron chi connectivity index (χ2n) is 4.21. The van der Waals surface area contributed by atoms with E-state index in [1.165, 1.54) is 0 Å². The van der Waals surface area contributed by atoms with Crippen LogP contribution in [-0.2, 0) is 0 Å². The molecule has 0 bridgehead atoms. The van der Waals surface area contributed by atoms with Crippen LogP contribution in [0.5, 0.6) is 11.5 Å². The summed E-state index contributed by atoms with van der Waals surface area (Å²) in [6, 6.07) is 11.3. The molecule has 0 saturated carbocycles. The van der Waals surface area contributed by atoms with Gasteiger partial charge in [-0.05, 0) is 49.1 Å². The average molecular weight is 324 g/mol. The molecule has 2 rings (SSSR count). The van der Waals surface area contributed by atoms with Crippen molar-refractivity contribution in [2.45, 2.75) is 11.8 Å². The van der Waals surface area contributed by atoms with Crippen molar-refractivity contribution in [3.05, 3.63) is 52.5 Å². The quantitative estimate of drug-likeness (QED) is 0.647. The molecule has 0 radical (unpaired) electrons. The summed E-state index contributed by atoms with van der Waals surface area (Å²) in [5, 5.41) is 0.713. The van der Waals surface area contributed by atoms with Crippen LogP contribution in [-0.4, -0.2) is 11.2 Å². The van der Waals surface area contributed by atoms with E-state index in [2.05, 4.69) is 0 Å². The Labute approximate surface area is 133 Å². The van der Waals surface area contributed by atoms with Gasteiger partial charge in [0.2, 0.25) is 0 Å². The van der Waals surface area contributed by atoms with Gasteiger partial charge in [-0.15, -0.1) is 11.8 Å². The lowest BCUT2D eigenvalue weighted by Crippen LogP contribution is -2.12. The van der Waals surface area contributed by atoms with Crippen molar-refractivity contribution in [3.63, 3.8) is 0 Å². The molecule has 20 heavy (non-hydrogen) atoms. The molecule has 0 spiro atoms. The number of ether oxygens (including phenoxy) is 1. The highest BCUT2D eigenvalue weighted by molar-refractivity contribution is 7.98. The first-order valence-corrected chi connectivity index (χ1v) is 7.95. The van der Waals surface area contributed by atoms with Crippen molar-refractivity contribution in [2.24, 2.45) is 5.73 Å². The Morgan fingerprint density at radius 3 is 2.65 bits per heavy atom. The van der Waals surface area contributed by atoms with Gasteiger partial charge in [0, 0.05) is 9.92 Å². The normalized spacial score (nSPS) is 10.3. The number of hydrogen-bond donors (Lipinski definition) is 1. The molecular weight excluding hydrogens is 310 g/mol. The Bertz CT molecular complexity index is 658. The molecule has 2 aromatic carbocycles. The Hall–Kier alpha value is -1.23. The molecular formula is C15H14ClNOS2. The van der Waals surface area contributed by atoms with Crippen LogP contribution < -0.4 is 10.5 Å². The molecule has 0 aliphatic heterocycles. The van der Waals surface area contributed by atoms with E-state index < -0.39 is 0 Å². The summed E-state index contributed by atoms with van der Waals surface area (Å²) in [5.41, 5.74) is 7.54. The minimum absolute atomic E-state index is 0.329. The molecule has 2 aromatic rings. The number of benzene rings is 2. The van der Waals surface area contributed by atoms with Crippen LogP contribution >= 0.6 is 35.6 Å². The van der Waals surface area contributed by atoms with Gasteiger partial charge in [-0.1, -0.05) is 29.9 Å². The fourth-order valence-corrected chi connectivity index (χ4v) is 2.84. The number of halogens is 1. The van der Waals surface area contributed by atoms with E-state index in [-0.39, 0.29) is 0 Å². The molecule has 0 amide bonds. The third kappa shape index (κ3) is 3.26. The zero-order chi connectivity index (χ0) is 14.7.